The third-order valence-electron chi connectivity index (χ3n) is 3.18. The predicted octanol–water partition coefficient (Wildman–Crippen LogP) is -0.0112. The fourth-order valence-corrected chi connectivity index (χ4v) is 3.42. The number of carboxylic acids is 2. The zero-order valence-electron chi connectivity index (χ0n) is 11.0. The molecule has 0 aromatic carbocycles. The van der Waals surface area contributed by atoms with Crippen molar-refractivity contribution in [2.24, 2.45) is 11.8 Å². The van der Waals surface area contributed by atoms with E-state index in [1.54, 1.807) is 0 Å². The van der Waals surface area contributed by atoms with Crippen LogP contribution in [0.5, 0.6) is 0 Å². The Bertz CT molecular complexity index is 424. The average molecular weight is 303 g/mol. The van der Waals surface area contributed by atoms with Crippen molar-refractivity contribution in [2.75, 3.05) is 11.5 Å². The molecule has 1 saturated carbocycles. The number of carboxylic acid groups (broad SMARTS) is 2. The summed E-state index contributed by atoms with van der Waals surface area (Å²) < 4.78 is 0. The highest BCUT2D eigenvalue weighted by Gasteiger charge is 2.39. The van der Waals surface area contributed by atoms with Gasteiger partial charge in [0.1, 0.15) is 11.8 Å². The van der Waals surface area contributed by atoms with Crippen LogP contribution in [-0.4, -0.2) is 51.4 Å². The van der Waals surface area contributed by atoms with Gasteiger partial charge in [0, 0.05) is 30.8 Å². The fraction of sp³-hybridized carbons (Fsp3) is 0.667. The second-order valence-electron chi connectivity index (χ2n) is 4.69. The second-order valence-corrected chi connectivity index (χ2v) is 5.76. The van der Waals surface area contributed by atoms with Crippen LogP contribution in [0.3, 0.4) is 0 Å². The fourth-order valence-electron chi connectivity index (χ4n) is 2.15. The molecule has 112 valence electrons. The summed E-state index contributed by atoms with van der Waals surface area (Å²) in [6.07, 6.45) is 0.601. The molecule has 20 heavy (non-hydrogen) atoms. The van der Waals surface area contributed by atoms with Crippen LogP contribution in [0.15, 0.2) is 0 Å². The lowest BCUT2D eigenvalue weighted by Crippen LogP contribution is -2.41. The normalized spacial score (nSPS) is 23.4. The highest BCUT2D eigenvalue weighted by molar-refractivity contribution is 7.99. The maximum absolute atomic E-state index is 11.6. The number of nitrogens with one attached hydrogen (secondary N) is 1. The van der Waals surface area contributed by atoms with Gasteiger partial charge in [0.05, 0.1) is 5.92 Å². The molecule has 1 aliphatic carbocycles. The van der Waals surface area contributed by atoms with Crippen LogP contribution in [0.2, 0.25) is 0 Å². The first-order valence-corrected chi connectivity index (χ1v) is 7.31. The largest absolute Gasteiger partial charge is 0.481 e. The van der Waals surface area contributed by atoms with Crippen LogP contribution in [0.25, 0.3) is 0 Å². The van der Waals surface area contributed by atoms with Crippen LogP contribution in [0.4, 0.5) is 0 Å². The second kappa shape index (κ2) is 7.28. The van der Waals surface area contributed by atoms with Gasteiger partial charge >= 0.3 is 11.9 Å². The third-order valence-corrected chi connectivity index (χ3v) is 4.34. The van der Waals surface area contributed by atoms with Gasteiger partial charge in [0.2, 0.25) is 5.91 Å². The molecule has 1 aliphatic rings. The minimum Gasteiger partial charge on any atom is -0.481 e. The Labute approximate surface area is 120 Å². The van der Waals surface area contributed by atoms with Crippen molar-refractivity contribution in [3.05, 3.63) is 0 Å². The molecule has 0 radical (unpaired) electrons. The van der Waals surface area contributed by atoms with E-state index in [9.17, 15) is 19.2 Å². The Morgan fingerprint density at radius 1 is 1.40 bits per heavy atom. The van der Waals surface area contributed by atoms with Gasteiger partial charge in [-0.3, -0.25) is 14.4 Å². The van der Waals surface area contributed by atoms with Gasteiger partial charge < -0.3 is 15.5 Å². The van der Waals surface area contributed by atoms with Gasteiger partial charge in [0.15, 0.2) is 0 Å². The number of rotatable bonds is 7. The summed E-state index contributed by atoms with van der Waals surface area (Å²) in [4.78, 5) is 44.4. The molecule has 1 rings (SSSR count). The highest BCUT2D eigenvalue weighted by atomic mass is 32.2. The molecular formula is C12H17NO6S. The van der Waals surface area contributed by atoms with Crippen molar-refractivity contribution in [3.8, 4) is 0 Å². The lowest BCUT2D eigenvalue weighted by atomic mass is 9.98. The minimum atomic E-state index is -1.15. The van der Waals surface area contributed by atoms with E-state index in [2.05, 4.69) is 5.32 Å². The van der Waals surface area contributed by atoms with E-state index in [0.29, 0.717) is 6.42 Å². The Balaban J connectivity index is 2.49. The summed E-state index contributed by atoms with van der Waals surface area (Å²) in [5.41, 5.74) is 0. The Kier molecular flexibility index (Phi) is 6.00. The van der Waals surface area contributed by atoms with Crippen molar-refractivity contribution < 1.29 is 29.4 Å². The predicted molar refractivity (Wildman–Crippen MR) is 71.4 cm³/mol. The number of carbonyl (C=O) groups is 4. The number of amides is 1. The first kappa shape index (κ1) is 16.5. The number of carbonyl (C=O) groups excluding carboxylic acids is 2. The molecule has 7 nitrogen and oxygen atoms in total. The number of thioether (sulfide) groups is 1. The Morgan fingerprint density at radius 3 is 2.55 bits per heavy atom. The van der Waals surface area contributed by atoms with Crippen molar-refractivity contribution in [1.82, 2.24) is 5.32 Å². The number of hydrogen-bond donors (Lipinski definition) is 3. The smallest absolute Gasteiger partial charge is 0.327 e. The Hall–Kier alpha value is -1.57. The van der Waals surface area contributed by atoms with Crippen LogP contribution >= 0.6 is 11.8 Å². The summed E-state index contributed by atoms with van der Waals surface area (Å²) in [6, 6.07) is -1.03. The van der Waals surface area contributed by atoms with Crippen molar-refractivity contribution in [2.45, 2.75) is 25.8 Å². The maximum atomic E-state index is 11.6. The van der Waals surface area contributed by atoms with E-state index in [1.807, 2.05) is 0 Å². The molecule has 1 amide bonds. The van der Waals surface area contributed by atoms with Gasteiger partial charge in [-0.25, -0.2) is 4.79 Å². The van der Waals surface area contributed by atoms with Crippen LogP contribution in [-0.2, 0) is 19.2 Å². The molecule has 0 spiro atoms. The van der Waals surface area contributed by atoms with Gasteiger partial charge in [-0.05, 0) is 6.42 Å². The molecule has 8 heteroatoms. The first-order chi connectivity index (χ1) is 9.32. The van der Waals surface area contributed by atoms with Crippen molar-refractivity contribution >= 4 is 35.4 Å². The van der Waals surface area contributed by atoms with E-state index in [4.69, 9.17) is 10.2 Å². The summed E-state index contributed by atoms with van der Waals surface area (Å²) in [7, 11) is 0. The van der Waals surface area contributed by atoms with Crippen LogP contribution < -0.4 is 5.32 Å². The van der Waals surface area contributed by atoms with E-state index in [0.717, 1.165) is 0 Å². The molecule has 0 aromatic rings. The maximum Gasteiger partial charge on any atom is 0.327 e. The average Bonchev–Trinajstić information content (AvgIpc) is 2.69. The zero-order chi connectivity index (χ0) is 15.3. The van der Waals surface area contributed by atoms with Gasteiger partial charge in [-0.1, -0.05) is 0 Å². The number of aliphatic carboxylic acids is 2. The third kappa shape index (κ3) is 4.52. The number of ketones is 1. The molecule has 3 atom stereocenters. The van der Waals surface area contributed by atoms with Gasteiger partial charge in [-0.2, -0.15) is 11.8 Å². The summed E-state index contributed by atoms with van der Waals surface area (Å²) in [5, 5.41) is 20.2. The molecule has 0 heterocycles. The molecule has 1 fully saturated rings. The highest BCUT2D eigenvalue weighted by Crippen LogP contribution is 2.31. The van der Waals surface area contributed by atoms with Crippen molar-refractivity contribution in [1.29, 1.82) is 0 Å². The van der Waals surface area contributed by atoms with Crippen LogP contribution in [0, 0.1) is 11.8 Å². The van der Waals surface area contributed by atoms with E-state index < -0.39 is 35.7 Å². The van der Waals surface area contributed by atoms with Gasteiger partial charge in [0.25, 0.3) is 0 Å². The summed E-state index contributed by atoms with van der Waals surface area (Å²) in [6.45, 7) is 1.22. The van der Waals surface area contributed by atoms with Gasteiger partial charge in [-0.15, -0.1) is 0 Å². The van der Waals surface area contributed by atoms with E-state index in [-0.39, 0.29) is 23.7 Å². The number of Topliss-reactive ketones (excluding diaryl/α,β-unsaturated/α-hetero) is 1. The first-order valence-electron chi connectivity index (χ1n) is 6.16. The summed E-state index contributed by atoms with van der Waals surface area (Å²) >= 11 is 1.17. The van der Waals surface area contributed by atoms with E-state index >= 15 is 0 Å². The Morgan fingerprint density at radius 2 is 2.05 bits per heavy atom. The van der Waals surface area contributed by atoms with Crippen LogP contribution in [0.1, 0.15) is 19.8 Å². The molecule has 1 unspecified atom stereocenters. The number of hydrogen-bond acceptors (Lipinski definition) is 5. The monoisotopic (exact) mass is 303 g/mol. The lowest BCUT2D eigenvalue weighted by Gasteiger charge is -2.16. The van der Waals surface area contributed by atoms with Crippen molar-refractivity contribution in [3.63, 3.8) is 0 Å². The standard InChI is InChI=1S/C12H17NO6S/c1-6(14)13-9(12(18)19)5-20-4-8-7(11(16)17)2-3-10(8)15/h7-9H,2-5H2,1H3,(H,13,14)(H,16,17)(H,18,19)/t7-,8+,9?/m1/s1. The molecule has 3 N–H and O–H groups in total. The topological polar surface area (TPSA) is 121 Å². The molecular weight excluding hydrogens is 286 g/mol. The molecule has 0 aliphatic heterocycles. The molecule has 0 aromatic heterocycles. The SMILES string of the molecule is CC(=O)NC(CSC[C@@H]1C(=O)CC[C@H]1C(=O)O)C(=O)O. The minimum absolute atomic E-state index is 0.0868. The zero-order valence-corrected chi connectivity index (χ0v) is 11.8. The molecule has 0 bridgehead atoms. The molecule has 0 saturated heterocycles. The quantitative estimate of drug-likeness (QED) is 0.604. The lowest BCUT2D eigenvalue weighted by molar-refractivity contribution is -0.144. The summed E-state index contributed by atoms with van der Waals surface area (Å²) in [5.74, 6) is -3.55. The van der Waals surface area contributed by atoms with E-state index in [1.165, 1.54) is 18.7 Å².